The highest BCUT2D eigenvalue weighted by Gasteiger charge is 2.46. The van der Waals surface area contributed by atoms with Crippen molar-refractivity contribution in [3.05, 3.63) is 57.0 Å². The summed E-state index contributed by atoms with van der Waals surface area (Å²) in [6.45, 7) is 6.47. The molecule has 3 nitrogen and oxygen atoms in total. The molecule has 2 aliphatic carbocycles. The van der Waals surface area contributed by atoms with Gasteiger partial charge in [-0.3, -0.25) is 9.79 Å². The van der Waals surface area contributed by atoms with Crippen LogP contribution < -0.4 is 5.56 Å². The zero-order chi connectivity index (χ0) is 15.7. The van der Waals surface area contributed by atoms with E-state index in [0.29, 0.717) is 5.92 Å². The van der Waals surface area contributed by atoms with Crippen LogP contribution in [0.25, 0.3) is 0 Å². The van der Waals surface area contributed by atoms with Crippen molar-refractivity contribution < 1.29 is 0 Å². The molecule has 0 spiro atoms. The van der Waals surface area contributed by atoms with Gasteiger partial charge in [0, 0.05) is 35.9 Å². The number of aromatic amines is 1. The number of nitrogens with one attached hydrogen (secondary N) is 1. The van der Waals surface area contributed by atoms with Gasteiger partial charge in [-0.2, -0.15) is 0 Å². The molecule has 0 aliphatic heterocycles. The Morgan fingerprint density at radius 1 is 1.45 bits per heavy atom. The standard InChI is InChI=1S/C19H24N2O/c1-4-6-9-20-19-12-13(3)10-14(15(19)5-2)11-17-16(19)7-8-18(22)21-17/h5,7-10,14H,4,6,11-12H2,1-3H3,(H,21,22)/b15-5+,20-9?. The van der Waals surface area contributed by atoms with Crippen LogP contribution in [0.4, 0.5) is 0 Å². The van der Waals surface area contributed by atoms with Crippen molar-refractivity contribution in [2.45, 2.75) is 52.0 Å². The predicted octanol–water partition coefficient (Wildman–Crippen LogP) is 3.91. The van der Waals surface area contributed by atoms with Crippen molar-refractivity contribution in [2.24, 2.45) is 10.9 Å². The third-order valence-corrected chi connectivity index (χ3v) is 4.81. The van der Waals surface area contributed by atoms with Gasteiger partial charge in [0.25, 0.3) is 0 Å². The van der Waals surface area contributed by atoms with Gasteiger partial charge < -0.3 is 4.98 Å². The van der Waals surface area contributed by atoms with Gasteiger partial charge in [0.05, 0.1) is 0 Å². The van der Waals surface area contributed by atoms with E-state index in [-0.39, 0.29) is 11.1 Å². The third-order valence-electron chi connectivity index (χ3n) is 4.81. The first-order valence-corrected chi connectivity index (χ1v) is 8.21. The van der Waals surface area contributed by atoms with Crippen LogP contribution in [-0.2, 0) is 12.0 Å². The summed E-state index contributed by atoms with van der Waals surface area (Å²) >= 11 is 0. The maximum absolute atomic E-state index is 11.7. The summed E-state index contributed by atoms with van der Waals surface area (Å²) < 4.78 is 0. The van der Waals surface area contributed by atoms with E-state index in [1.807, 2.05) is 6.07 Å². The SMILES string of the molecule is C/C=C1\C2C=C(C)CC1(N=CCCC)c1ccc(=O)[nH]c1C2. The van der Waals surface area contributed by atoms with Crippen LogP contribution in [0.1, 0.15) is 51.3 Å². The average molecular weight is 296 g/mol. The molecular formula is C19H24N2O. The normalized spacial score (nSPS) is 28.8. The van der Waals surface area contributed by atoms with Crippen molar-refractivity contribution in [3.63, 3.8) is 0 Å². The molecule has 3 rings (SSSR count). The number of hydrogen-bond donors (Lipinski definition) is 1. The molecule has 22 heavy (non-hydrogen) atoms. The first-order chi connectivity index (χ1) is 10.6. The van der Waals surface area contributed by atoms with Gasteiger partial charge in [-0.05, 0) is 38.3 Å². The van der Waals surface area contributed by atoms with Gasteiger partial charge >= 0.3 is 0 Å². The van der Waals surface area contributed by atoms with Crippen LogP contribution in [0.5, 0.6) is 0 Å². The summed E-state index contributed by atoms with van der Waals surface area (Å²) in [5, 5.41) is 0. The molecule has 0 fully saturated rings. The van der Waals surface area contributed by atoms with Crippen molar-refractivity contribution in [1.82, 2.24) is 4.98 Å². The Morgan fingerprint density at radius 3 is 3.00 bits per heavy atom. The van der Waals surface area contributed by atoms with Crippen LogP contribution in [0.15, 0.2) is 45.2 Å². The van der Waals surface area contributed by atoms with Crippen LogP contribution >= 0.6 is 0 Å². The molecule has 2 atom stereocenters. The minimum Gasteiger partial charge on any atom is -0.326 e. The summed E-state index contributed by atoms with van der Waals surface area (Å²) in [5.41, 5.74) is 4.67. The first kappa shape index (κ1) is 15.0. The molecule has 0 saturated heterocycles. The highest BCUT2D eigenvalue weighted by Crippen LogP contribution is 2.51. The summed E-state index contributed by atoms with van der Waals surface area (Å²) in [6, 6.07) is 3.62. The van der Waals surface area contributed by atoms with Crippen molar-refractivity contribution in [3.8, 4) is 0 Å². The number of allylic oxidation sites excluding steroid dienone is 2. The van der Waals surface area contributed by atoms with Gasteiger partial charge in [-0.15, -0.1) is 0 Å². The van der Waals surface area contributed by atoms with E-state index in [4.69, 9.17) is 4.99 Å². The minimum absolute atomic E-state index is 0.0193. The summed E-state index contributed by atoms with van der Waals surface area (Å²) in [4.78, 5) is 19.8. The number of rotatable bonds is 3. The summed E-state index contributed by atoms with van der Waals surface area (Å²) in [7, 11) is 0. The first-order valence-electron chi connectivity index (χ1n) is 8.21. The maximum Gasteiger partial charge on any atom is 0.248 e. The molecule has 3 heteroatoms. The Hall–Kier alpha value is -1.90. The highest BCUT2D eigenvalue weighted by atomic mass is 16.1. The molecule has 0 radical (unpaired) electrons. The summed E-state index contributed by atoms with van der Waals surface area (Å²) in [5.74, 6) is 0.350. The second kappa shape index (κ2) is 5.71. The zero-order valence-electron chi connectivity index (χ0n) is 13.6. The lowest BCUT2D eigenvalue weighted by Gasteiger charge is -2.45. The van der Waals surface area contributed by atoms with Crippen LogP contribution in [0.2, 0.25) is 0 Å². The molecule has 2 bridgehead atoms. The summed E-state index contributed by atoms with van der Waals surface area (Å²) in [6.07, 6.45) is 10.5. The second-order valence-corrected chi connectivity index (χ2v) is 6.42. The van der Waals surface area contributed by atoms with Crippen LogP contribution in [0, 0.1) is 5.92 Å². The lowest BCUT2D eigenvalue weighted by atomic mass is 9.63. The molecule has 1 aromatic rings. The van der Waals surface area contributed by atoms with E-state index in [9.17, 15) is 4.79 Å². The van der Waals surface area contributed by atoms with Gasteiger partial charge in [0.1, 0.15) is 5.54 Å². The maximum atomic E-state index is 11.7. The fourth-order valence-electron chi connectivity index (χ4n) is 4.00. The Morgan fingerprint density at radius 2 is 2.27 bits per heavy atom. The molecule has 2 aliphatic rings. The van der Waals surface area contributed by atoms with E-state index in [2.05, 4.69) is 44.1 Å². The van der Waals surface area contributed by atoms with E-state index in [1.165, 1.54) is 16.7 Å². The number of pyridine rings is 1. The molecule has 116 valence electrons. The quantitative estimate of drug-likeness (QED) is 0.667. The minimum atomic E-state index is -0.314. The van der Waals surface area contributed by atoms with E-state index < -0.39 is 0 Å². The molecular weight excluding hydrogens is 272 g/mol. The van der Waals surface area contributed by atoms with Crippen molar-refractivity contribution in [2.75, 3.05) is 0 Å². The van der Waals surface area contributed by atoms with E-state index in [0.717, 1.165) is 31.4 Å². The average Bonchev–Trinajstić information content (AvgIpc) is 2.46. The Bertz CT molecular complexity index is 723. The van der Waals surface area contributed by atoms with Crippen molar-refractivity contribution >= 4 is 6.21 Å². The number of fused-ring (bicyclic) bond motifs is 4. The van der Waals surface area contributed by atoms with Gasteiger partial charge in [0.2, 0.25) is 5.56 Å². The van der Waals surface area contributed by atoms with Gasteiger partial charge in [0.15, 0.2) is 0 Å². The van der Waals surface area contributed by atoms with Crippen molar-refractivity contribution in [1.29, 1.82) is 0 Å². The monoisotopic (exact) mass is 296 g/mol. The third kappa shape index (κ3) is 2.29. The number of hydrogen-bond acceptors (Lipinski definition) is 2. The fourth-order valence-corrected chi connectivity index (χ4v) is 4.00. The number of aromatic nitrogens is 1. The largest absolute Gasteiger partial charge is 0.326 e. The Kier molecular flexibility index (Phi) is 3.90. The van der Waals surface area contributed by atoms with Gasteiger partial charge in [-0.25, -0.2) is 0 Å². The second-order valence-electron chi connectivity index (χ2n) is 6.42. The molecule has 1 heterocycles. The topological polar surface area (TPSA) is 45.2 Å². The Balaban J connectivity index is 2.23. The molecule has 2 unspecified atom stereocenters. The molecule has 1 aromatic heterocycles. The Labute approximate surface area is 131 Å². The van der Waals surface area contributed by atoms with Crippen LogP contribution in [0.3, 0.4) is 0 Å². The molecule has 0 saturated carbocycles. The van der Waals surface area contributed by atoms with E-state index >= 15 is 0 Å². The molecule has 0 aromatic carbocycles. The smallest absolute Gasteiger partial charge is 0.248 e. The number of H-pyrrole nitrogens is 1. The number of aliphatic imine (C=N–C) groups is 1. The highest BCUT2D eigenvalue weighted by molar-refractivity contribution is 5.61. The molecule has 1 N–H and O–H groups in total. The number of unbranched alkanes of at least 4 members (excludes halogenated alkanes) is 1. The van der Waals surface area contributed by atoms with Gasteiger partial charge in [-0.1, -0.05) is 31.1 Å². The lowest BCUT2D eigenvalue weighted by Crippen LogP contribution is -2.40. The van der Waals surface area contributed by atoms with E-state index in [1.54, 1.807) is 6.07 Å². The number of nitrogens with zero attached hydrogens (tertiary/aromatic N) is 1. The predicted molar refractivity (Wildman–Crippen MR) is 91.5 cm³/mol. The molecule has 0 amide bonds. The zero-order valence-corrected chi connectivity index (χ0v) is 13.6. The lowest BCUT2D eigenvalue weighted by molar-refractivity contribution is 0.413. The fraction of sp³-hybridized carbons (Fsp3) is 0.474. The van der Waals surface area contributed by atoms with Crippen LogP contribution in [-0.4, -0.2) is 11.2 Å².